The lowest BCUT2D eigenvalue weighted by Crippen LogP contribution is -2.38. The van der Waals surface area contributed by atoms with E-state index in [4.69, 9.17) is 5.11 Å². The first-order valence-electron chi connectivity index (χ1n) is 10.6. The van der Waals surface area contributed by atoms with Gasteiger partial charge in [0.2, 0.25) is 0 Å². The summed E-state index contributed by atoms with van der Waals surface area (Å²) in [6.07, 6.45) is 3.43. The fourth-order valence-corrected chi connectivity index (χ4v) is 4.38. The third-order valence-corrected chi connectivity index (χ3v) is 6.25. The molecule has 0 radical (unpaired) electrons. The molecule has 0 aromatic heterocycles. The number of rotatable bonds is 5. The second-order valence-corrected chi connectivity index (χ2v) is 8.89. The van der Waals surface area contributed by atoms with E-state index in [9.17, 15) is 4.79 Å². The van der Waals surface area contributed by atoms with Crippen LogP contribution in [-0.4, -0.2) is 29.1 Å². The SMILES string of the molecule is CC(C)c1ccc(C#Cc2ccc3c(c2)C2(CC2)CN(CCCC(=O)O)C3)cc1. The van der Waals surface area contributed by atoms with Crippen molar-refractivity contribution in [1.29, 1.82) is 0 Å². The third kappa shape index (κ3) is 4.54. The van der Waals surface area contributed by atoms with Gasteiger partial charge in [-0.3, -0.25) is 9.69 Å². The predicted molar refractivity (Wildman–Crippen MR) is 116 cm³/mol. The van der Waals surface area contributed by atoms with Crippen molar-refractivity contribution in [2.75, 3.05) is 13.1 Å². The minimum Gasteiger partial charge on any atom is -0.481 e. The van der Waals surface area contributed by atoms with Gasteiger partial charge in [-0.05, 0) is 72.7 Å². The lowest BCUT2D eigenvalue weighted by atomic mass is 9.85. The molecule has 1 spiro atoms. The first kappa shape index (κ1) is 19.7. The molecule has 1 N–H and O–H groups in total. The first-order chi connectivity index (χ1) is 13.9. The lowest BCUT2D eigenvalue weighted by Gasteiger charge is -2.35. The van der Waals surface area contributed by atoms with Crippen molar-refractivity contribution in [3.05, 3.63) is 70.3 Å². The van der Waals surface area contributed by atoms with Crippen LogP contribution < -0.4 is 0 Å². The van der Waals surface area contributed by atoms with Gasteiger partial charge in [0.1, 0.15) is 0 Å². The Morgan fingerprint density at radius 1 is 1.10 bits per heavy atom. The Kier molecular flexibility index (Phi) is 5.48. The standard InChI is InChI=1S/C26H29NO2/c1-19(2)22-10-7-20(8-11-22)5-6-21-9-12-23-17-27(15-3-4-25(28)29)18-26(13-14-26)24(23)16-21/h7-12,16,19H,3-4,13-15,17-18H2,1-2H3,(H,28,29). The molecule has 3 heteroatoms. The zero-order valence-corrected chi connectivity index (χ0v) is 17.4. The molecule has 4 rings (SSSR count). The maximum absolute atomic E-state index is 10.8. The van der Waals surface area contributed by atoms with E-state index in [-0.39, 0.29) is 11.8 Å². The highest BCUT2D eigenvalue weighted by Crippen LogP contribution is 2.52. The van der Waals surface area contributed by atoms with E-state index in [2.05, 4.69) is 73.1 Å². The maximum Gasteiger partial charge on any atom is 0.303 e. The van der Waals surface area contributed by atoms with E-state index in [1.54, 1.807) is 0 Å². The van der Waals surface area contributed by atoms with Crippen LogP contribution in [0.1, 0.15) is 73.3 Å². The highest BCUT2D eigenvalue weighted by atomic mass is 16.4. The summed E-state index contributed by atoms with van der Waals surface area (Å²) in [4.78, 5) is 13.2. The van der Waals surface area contributed by atoms with Crippen LogP contribution in [-0.2, 0) is 16.8 Å². The first-order valence-corrected chi connectivity index (χ1v) is 10.6. The van der Waals surface area contributed by atoms with Crippen molar-refractivity contribution >= 4 is 5.97 Å². The van der Waals surface area contributed by atoms with Gasteiger partial charge < -0.3 is 5.11 Å². The van der Waals surface area contributed by atoms with Gasteiger partial charge in [-0.25, -0.2) is 0 Å². The van der Waals surface area contributed by atoms with Crippen molar-refractivity contribution in [3.63, 3.8) is 0 Å². The minimum atomic E-state index is -0.703. The summed E-state index contributed by atoms with van der Waals surface area (Å²) in [7, 11) is 0. The van der Waals surface area contributed by atoms with Crippen molar-refractivity contribution < 1.29 is 9.90 Å². The van der Waals surface area contributed by atoms with E-state index in [1.807, 2.05) is 0 Å². The Bertz CT molecular complexity index is 958. The molecule has 1 saturated carbocycles. The lowest BCUT2D eigenvalue weighted by molar-refractivity contribution is -0.137. The highest BCUT2D eigenvalue weighted by Gasteiger charge is 2.48. The smallest absolute Gasteiger partial charge is 0.303 e. The molecule has 3 nitrogen and oxygen atoms in total. The summed E-state index contributed by atoms with van der Waals surface area (Å²) < 4.78 is 0. The number of hydrogen-bond donors (Lipinski definition) is 1. The Hall–Kier alpha value is -2.57. The van der Waals surface area contributed by atoms with E-state index in [0.717, 1.165) is 37.2 Å². The molecule has 0 atom stereocenters. The molecule has 1 fully saturated rings. The van der Waals surface area contributed by atoms with Gasteiger partial charge in [0.25, 0.3) is 0 Å². The number of carbonyl (C=O) groups is 1. The average Bonchev–Trinajstić information content (AvgIpc) is 3.46. The van der Waals surface area contributed by atoms with Crippen LogP contribution >= 0.6 is 0 Å². The van der Waals surface area contributed by atoms with Gasteiger partial charge >= 0.3 is 5.97 Å². The summed E-state index contributed by atoms with van der Waals surface area (Å²) in [5.74, 6) is 6.50. The summed E-state index contributed by atoms with van der Waals surface area (Å²) in [5.41, 5.74) is 6.60. The van der Waals surface area contributed by atoms with Crippen LogP contribution in [0.4, 0.5) is 0 Å². The second kappa shape index (κ2) is 8.05. The Balaban J connectivity index is 1.49. The van der Waals surface area contributed by atoms with E-state index < -0.39 is 5.97 Å². The number of hydrogen-bond acceptors (Lipinski definition) is 2. The molecule has 29 heavy (non-hydrogen) atoms. The molecular formula is C26H29NO2. The molecule has 0 amide bonds. The molecule has 0 bridgehead atoms. The Labute approximate surface area is 173 Å². The topological polar surface area (TPSA) is 40.5 Å². The Morgan fingerprint density at radius 3 is 2.45 bits per heavy atom. The summed E-state index contributed by atoms with van der Waals surface area (Å²) in [6, 6.07) is 15.2. The van der Waals surface area contributed by atoms with Crippen LogP contribution in [0, 0.1) is 11.8 Å². The maximum atomic E-state index is 10.8. The molecule has 1 aliphatic carbocycles. The fourth-order valence-electron chi connectivity index (χ4n) is 4.38. The number of carboxylic acids is 1. The molecule has 1 aliphatic heterocycles. The molecule has 2 aliphatic rings. The van der Waals surface area contributed by atoms with Crippen LogP contribution in [0.25, 0.3) is 0 Å². The van der Waals surface area contributed by atoms with Crippen molar-refractivity contribution in [1.82, 2.24) is 4.90 Å². The van der Waals surface area contributed by atoms with Crippen LogP contribution in [0.3, 0.4) is 0 Å². The van der Waals surface area contributed by atoms with E-state index in [1.165, 1.54) is 29.5 Å². The molecule has 2 aromatic rings. The van der Waals surface area contributed by atoms with Gasteiger partial charge in [-0.15, -0.1) is 0 Å². The monoisotopic (exact) mass is 387 g/mol. The van der Waals surface area contributed by atoms with Crippen LogP contribution in [0.2, 0.25) is 0 Å². The highest BCUT2D eigenvalue weighted by molar-refractivity contribution is 5.66. The average molecular weight is 388 g/mol. The molecule has 0 unspecified atom stereocenters. The van der Waals surface area contributed by atoms with Crippen molar-refractivity contribution in [2.45, 2.75) is 57.4 Å². The second-order valence-electron chi connectivity index (χ2n) is 8.89. The molecule has 150 valence electrons. The summed E-state index contributed by atoms with van der Waals surface area (Å²) in [6.45, 7) is 7.24. The zero-order chi connectivity index (χ0) is 20.4. The molecule has 0 saturated heterocycles. The summed E-state index contributed by atoms with van der Waals surface area (Å²) >= 11 is 0. The molecule has 1 heterocycles. The van der Waals surface area contributed by atoms with Crippen LogP contribution in [0.5, 0.6) is 0 Å². The largest absolute Gasteiger partial charge is 0.481 e. The number of nitrogens with zero attached hydrogens (tertiary/aromatic N) is 1. The van der Waals surface area contributed by atoms with Gasteiger partial charge in [-0.2, -0.15) is 0 Å². The van der Waals surface area contributed by atoms with Gasteiger partial charge in [0, 0.05) is 36.1 Å². The van der Waals surface area contributed by atoms with Gasteiger partial charge in [0.15, 0.2) is 0 Å². The van der Waals surface area contributed by atoms with E-state index in [0.29, 0.717) is 5.92 Å². The van der Waals surface area contributed by atoms with Crippen molar-refractivity contribution in [3.8, 4) is 11.8 Å². The zero-order valence-electron chi connectivity index (χ0n) is 17.4. The number of fused-ring (bicyclic) bond motifs is 2. The normalized spacial score (nSPS) is 16.9. The van der Waals surface area contributed by atoms with Gasteiger partial charge in [-0.1, -0.05) is 43.9 Å². The fraction of sp³-hybridized carbons (Fsp3) is 0.423. The Morgan fingerprint density at radius 2 is 1.79 bits per heavy atom. The number of carboxylic acid groups (broad SMARTS) is 1. The minimum absolute atomic E-state index is 0.253. The number of benzene rings is 2. The van der Waals surface area contributed by atoms with E-state index >= 15 is 0 Å². The number of aliphatic carboxylic acids is 1. The van der Waals surface area contributed by atoms with Crippen LogP contribution in [0.15, 0.2) is 42.5 Å². The van der Waals surface area contributed by atoms with Crippen molar-refractivity contribution in [2.24, 2.45) is 0 Å². The third-order valence-electron chi connectivity index (χ3n) is 6.25. The van der Waals surface area contributed by atoms with Gasteiger partial charge in [0.05, 0.1) is 0 Å². The summed E-state index contributed by atoms with van der Waals surface area (Å²) in [5, 5.41) is 8.89. The quantitative estimate of drug-likeness (QED) is 0.740. The predicted octanol–water partition coefficient (Wildman–Crippen LogP) is 4.92. The molecule has 2 aromatic carbocycles. The molecular weight excluding hydrogens is 358 g/mol.